The number of carbonyl (C=O) groups excluding carboxylic acids is 1. The maximum atomic E-state index is 12.9. The summed E-state index contributed by atoms with van der Waals surface area (Å²) >= 11 is 3.38. The molecule has 1 aliphatic rings. The van der Waals surface area contributed by atoms with Crippen molar-refractivity contribution >= 4 is 27.5 Å². The average Bonchev–Trinajstić information content (AvgIpc) is 2.97. The third-order valence-electron chi connectivity index (χ3n) is 4.47. The molecule has 0 aliphatic carbocycles. The minimum absolute atomic E-state index is 0.0793. The van der Waals surface area contributed by atoms with Crippen LogP contribution in [0.5, 0.6) is 11.5 Å². The first-order valence-corrected chi connectivity index (χ1v) is 9.23. The van der Waals surface area contributed by atoms with Gasteiger partial charge < -0.3 is 14.6 Å². The van der Waals surface area contributed by atoms with Gasteiger partial charge in [0.2, 0.25) is 5.91 Å². The van der Waals surface area contributed by atoms with E-state index in [1.165, 1.54) is 5.01 Å². The molecule has 6 nitrogen and oxygen atoms in total. The molecule has 0 radical (unpaired) electrons. The zero-order valence-electron chi connectivity index (χ0n) is 15.4. The molecule has 0 bridgehead atoms. The molecule has 142 valence electrons. The van der Waals surface area contributed by atoms with E-state index in [1.807, 2.05) is 12.1 Å². The zero-order chi connectivity index (χ0) is 19.6. The molecule has 1 aliphatic heterocycles. The molecule has 0 aromatic heterocycles. The van der Waals surface area contributed by atoms with E-state index >= 15 is 0 Å². The van der Waals surface area contributed by atoms with E-state index in [1.54, 1.807) is 51.5 Å². The number of methoxy groups -OCH3 is 2. The van der Waals surface area contributed by atoms with Crippen LogP contribution < -0.4 is 9.47 Å². The number of benzene rings is 2. The first kappa shape index (κ1) is 19.4. The molecule has 0 saturated carbocycles. The van der Waals surface area contributed by atoms with Crippen LogP contribution >= 0.6 is 15.9 Å². The summed E-state index contributed by atoms with van der Waals surface area (Å²) in [5, 5.41) is 16.7. The maximum absolute atomic E-state index is 12.9. The van der Waals surface area contributed by atoms with Gasteiger partial charge in [-0.25, -0.2) is 0 Å². The first-order chi connectivity index (χ1) is 12.9. The Morgan fingerprint density at radius 1 is 1.19 bits per heavy atom. The van der Waals surface area contributed by atoms with Crippen LogP contribution in [0.3, 0.4) is 0 Å². The van der Waals surface area contributed by atoms with Crippen LogP contribution in [0.4, 0.5) is 0 Å². The molecular weight excluding hydrogens is 412 g/mol. The third kappa shape index (κ3) is 3.84. The minimum Gasteiger partial charge on any atom is -0.493 e. The number of amides is 1. The van der Waals surface area contributed by atoms with Gasteiger partial charge in [-0.05, 0) is 36.8 Å². The molecule has 1 atom stereocenters. The van der Waals surface area contributed by atoms with Crippen LogP contribution in [0.1, 0.15) is 24.5 Å². The number of hydrogen-bond donors (Lipinski definition) is 1. The lowest BCUT2D eigenvalue weighted by molar-refractivity contribution is -0.157. The van der Waals surface area contributed by atoms with Gasteiger partial charge in [-0.3, -0.25) is 4.79 Å². The Bertz CT molecular complexity index is 882. The van der Waals surface area contributed by atoms with Crippen LogP contribution in [0.25, 0.3) is 0 Å². The summed E-state index contributed by atoms with van der Waals surface area (Å²) in [5.74, 6) is 0.840. The highest BCUT2D eigenvalue weighted by Gasteiger charge is 2.44. The van der Waals surface area contributed by atoms with E-state index < -0.39 is 5.72 Å². The summed E-state index contributed by atoms with van der Waals surface area (Å²) in [4.78, 5) is 12.9. The van der Waals surface area contributed by atoms with Gasteiger partial charge in [0.25, 0.3) is 0 Å². The van der Waals surface area contributed by atoms with Gasteiger partial charge in [0.05, 0.1) is 20.6 Å². The van der Waals surface area contributed by atoms with E-state index in [0.717, 1.165) is 10.0 Å². The Morgan fingerprint density at radius 2 is 1.85 bits per heavy atom. The van der Waals surface area contributed by atoms with Crippen molar-refractivity contribution in [2.24, 2.45) is 5.10 Å². The largest absolute Gasteiger partial charge is 0.493 e. The van der Waals surface area contributed by atoms with Crippen molar-refractivity contribution in [2.45, 2.75) is 25.5 Å². The average molecular weight is 433 g/mol. The Kier molecular flexibility index (Phi) is 5.53. The summed E-state index contributed by atoms with van der Waals surface area (Å²) in [6, 6.07) is 12.5. The summed E-state index contributed by atoms with van der Waals surface area (Å²) in [6.45, 7) is 1.80. The lowest BCUT2D eigenvalue weighted by Crippen LogP contribution is -2.44. The highest BCUT2D eigenvalue weighted by Crippen LogP contribution is 2.36. The van der Waals surface area contributed by atoms with Gasteiger partial charge in [0.15, 0.2) is 17.2 Å². The van der Waals surface area contributed by atoms with Crippen LogP contribution in [-0.4, -0.2) is 36.0 Å². The molecule has 2 aromatic carbocycles. The second-order valence-electron chi connectivity index (χ2n) is 6.41. The van der Waals surface area contributed by atoms with E-state index in [4.69, 9.17) is 9.47 Å². The van der Waals surface area contributed by atoms with Gasteiger partial charge in [0, 0.05) is 22.2 Å². The van der Waals surface area contributed by atoms with Crippen molar-refractivity contribution in [2.75, 3.05) is 14.2 Å². The van der Waals surface area contributed by atoms with Crippen molar-refractivity contribution < 1.29 is 19.4 Å². The molecule has 1 amide bonds. The maximum Gasteiger partial charge on any atom is 0.250 e. The van der Waals surface area contributed by atoms with E-state index in [9.17, 15) is 9.90 Å². The van der Waals surface area contributed by atoms with Crippen molar-refractivity contribution in [1.82, 2.24) is 5.01 Å². The fourth-order valence-electron chi connectivity index (χ4n) is 3.16. The SMILES string of the molecule is COc1ccc(CC(=O)N2N=C(C)CC2(O)c2ccc(Br)cc2)cc1OC. The summed E-state index contributed by atoms with van der Waals surface area (Å²) < 4.78 is 11.4. The molecule has 0 spiro atoms. The van der Waals surface area contributed by atoms with Gasteiger partial charge in [-0.15, -0.1) is 0 Å². The Balaban J connectivity index is 1.87. The van der Waals surface area contributed by atoms with Crippen molar-refractivity contribution in [3.63, 3.8) is 0 Å². The lowest BCUT2D eigenvalue weighted by Gasteiger charge is -2.31. The topological polar surface area (TPSA) is 71.4 Å². The summed E-state index contributed by atoms with van der Waals surface area (Å²) in [7, 11) is 3.10. The standard InChI is InChI=1S/C20H21BrN2O4/c1-13-12-20(25,15-5-7-16(21)8-6-15)23(22-13)19(24)11-14-4-9-17(26-2)18(10-14)27-3/h4-10,25H,11-12H2,1-3H3. The van der Waals surface area contributed by atoms with Crippen LogP contribution in [0.15, 0.2) is 52.0 Å². The van der Waals surface area contributed by atoms with Crippen LogP contribution in [0.2, 0.25) is 0 Å². The number of ether oxygens (including phenoxy) is 2. The summed E-state index contributed by atoms with van der Waals surface area (Å²) in [6.07, 6.45) is 0.349. The quantitative estimate of drug-likeness (QED) is 0.784. The monoisotopic (exact) mass is 432 g/mol. The lowest BCUT2D eigenvalue weighted by atomic mass is 9.97. The van der Waals surface area contributed by atoms with Crippen LogP contribution in [-0.2, 0) is 16.9 Å². The molecule has 1 N–H and O–H groups in total. The molecule has 2 aromatic rings. The smallest absolute Gasteiger partial charge is 0.250 e. The predicted octanol–water partition coefficient (Wildman–Crippen LogP) is 3.46. The molecule has 7 heteroatoms. The summed E-state index contributed by atoms with van der Waals surface area (Å²) in [5.41, 5.74) is 0.571. The molecule has 0 fully saturated rings. The van der Waals surface area contributed by atoms with E-state index in [0.29, 0.717) is 22.8 Å². The Morgan fingerprint density at radius 3 is 2.48 bits per heavy atom. The molecular formula is C20H21BrN2O4. The van der Waals surface area contributed by atoms with E-state index in [2.05, 4.69) is 21.0 Å². The molecule has 0 saturated heterocycles. The number of nitrogens with zero attached hydrogens (tertiary/aromatic N) is 2. The van der Waals surface area contributed by atoms with Crippen molar-refractivity contribution in [3.8, 4) is 11.5 Å². The van der Waals surface area contributed by atoms with E-state index in [-0.39, 0.29) is 18.7 Å². The number of hydrazone groups is 1. The predicted molar refractivity (Wildman–Crippen MR) is 106 cm³/mol. The molecule has 3 rings (SSSR count). The first-order valence-electron chi connectivity index (χ1n) is 8.44. The Hall–Kier alpha value is -2.38. The second-order valence-corrected chi connectivity index (χ2v) is 7.32. The number of hydrogen-bond acceptors (Lipinski definition) is 5. The van der Waals surface area contributed by atoms with Crippen LogP contribution in [0, 0.1) is 0 Å². The van der Waals surface area contributed by atoms with Crippen molar-refractivity contribution in [3.05, 3.63) is 58.1 Å². The molecule has 1 heterocycles. The fourth-order valence-corrected chi connectivity index (χ4v) is 3.43. The second kappa shape index (κ2) is 7.70. The van der Waals surface area contributed by atoms with Gasteiger partial charge in [-0.1, -0.05) is 34.1 Å². The van der Waals surface area contributed by atoms with Gasteiger partial charge in [-0.2, -0.15) is 10.1 Å². The molecule has 1 unspecified atom stereocenters. The zero-order valence-corrected chi connectivity index (χ0v) is 17.0. The number of carbonyl (C=O) groups is 1. The fraction of sp³-hybridized carbons (Fsp3) is 0.300. The number of rotatable bonds is 5. The van der Waals surface area contributed by atoms with Gasteiger partial charge >= 0.3 is 0 Å². The third-order valence-corrected chi connectivity index (χ3v) is 5.00. The molecule has 27 heavy (non-hydrogen) atoms. The Labute approximate surface area is 166 Å². The normalized spacial score (nSPS) is 19.0. The van der Waals surface area contributed by atoms with Crippen molar-refractivity contribution in [1.29, 1.82) is 0 Å². The highest BCUT2D eigenvalue weighted by atomic mass is 79.9. The number of halogens is 1. The number of aliphatic hydroxyl groups is 1. The minimum atomic E-state index is -1.49. The van der Waals surface area contributed by atoms with Gasteiger partial charge in [0.1, 0.15) is 0 Å². The highest BCUT2D eigenvalue weighted by molar-refractivity contribution is 9.10.